The van der Waals surface area contributed by atoms with Gasteiger partial charge in [0.1, 0.15) is 0 Å². The second kappa shape index (κ2) is 5.01. The van der Waals surface area contributed by atoms with Crippen molar-refractivity contribution in [3.63, 3.8) is 0 Å². The minimum Gasteiger partial charge on any atom is -0.314 e. The topological polar surface area (TPSA) is 66.2 Å². The van der Waals surface area contributed by atoms with E-state index in [1.54, 1.807) is 17.5 Å². The van der Waals surface area contributed by atoms with Gasteiger partial charge in [0.05, 0.1) is 0 Å². The van der Waals surface area contributed by atoms with Crippen molar-refractivity contribution in [2.45, 2.75) is 33.9 Å². The van der Waals surface area contributed by atoms with Crippen LogP contribution < -0.4 is 11.2 Å². The first-order valence-corrected chi connectivity index (χ1v) is 7.30. The molecule has 0 unspecified atom stereocenters. The lowest BCUT2D eigenvalue weighted by molar-refractivity contribution is 0.666. The molecule has 0 aliphatic carbocycles. The second-order valence-electron chi connectivity index (χ2n) is 5.30. The highest BCUT2D eigenvalue weighted by atomic mass is 16.2. The lowest BCUT2D eigenvalue weighted by atomic mass is 10.4. The van der Waals surface area contributed by atoms with Crippen LogP contribution in [0.3, 0.4) is 0 Å². The zero-order valence-electron chi connectivity index (χ0n) is 13.2. The number of aryl methyl sites for hydroxylation is 3. The largest absolute Gasteiger partial charge is 0.332 e. The highest BCUT2D eigenvalue weighted by Crippen LogP contribution is 2.15. The van der Waals surface area contributed by atoms with Gasteiger partial charge in [0.2, 0.25) is 5.78 Å². The van der Waals surface area contributed by atoms with Crippen molar-refractivity contribution in [3.05, 3.63) is 44.9 Å². The van der Waals surface area contributed by atoms with Gasteiger partial charge in [0, 0.05) is 32.0 Å². The first-order chi connectivity index (χ1) is 10.5. The van der Waals surface area contributed by atoms with Crippen molar-refractivity contribution in [1.82, 2.24) is 23.1 Å². The Labute approximate surface area is 126 Å². The highest BCUT2D eigenvalue weighted by Gasteiger charge is 2.19. The maximum Gasteiger partial charge on any atom is 0.332 e. The van der Waals surface area contributed by atoms with Crippen LogP contribution in [0.2, 0.25) is 0 Å². The Bertz CT molecular complexity index is 1010. The molecule has 0 saturated heterocycles. The molecule has 7 nitrogen and oxygen atoms in total. The van der Waals surface area contributed by atoms with E-state index in [1.807, 2.05) is 37.6 Å². The average molecular weight is 301 g/mol. The molecule has 0 radical (unpaired) electrons. The molecule has 0 saturated carbocycles. The van der Waals surface area contributed by atoms with E-state index >= 15 is 0 Å². The van der Waals surface area contributed by atoms with Crippen LogP contribution in [-0.2, 0) is 20.1 Å². The van der Waals surface area contributed by atoms with Gasteiger partial charge in [-0.2, -0.15) is 4.98 Å². The van der Waals surface area contributed by atoms with E-state index in [1.165, 1.54) is 9.13 Å². The molecule has 7 heteroatoms. The summed E-state index contributed by atoms with van der Waals surface area (Å²) in [5, 5.41) is 0. The number of imidazole rings is 2. The first kappa shape index (κ1) is 14.4. The summed E-state index contributed by atoms with van der Waals surface area (Å²) in [5.74, 6) is 0.686. The molecule has 0 spiro atoms. The minimum atomic E-state index is -0.351. The average Bonchev–Trinajstić information content (AvgIpc) is 2.99. The van der Waals surface area contributed by atoms with Crippen molar-refractivity contribution in [1.29, 1.82) is 0 Å². The predicted octanol–water partition coefficient (Wildman–Crippen LogP) is 1.05. The Kier molecular flexibility index (Phi) is 3.27. The van der Waals surface area contributed by atoms with Crippen molar-refractivity contribution in [2.75, 3.05) is 0 Å². The van der Waals surface area contributed by atoms with Gasteiger partial charge in [-0.1, -0.05) is 12.2 Å². The fourth-order valence-electron chi connectivity index (χ4n) is 2.82. The molecule has 3 aromatic heterocycles. The molecular weight excluding hydrogens is 282 g/mol. The van der Waals surface area contributed by atoms with Gasteiger partial charge in [-0.3, -0.25) is 18.3 Å². The molecule has 0 bridgehead atoms. The molecule has 3 heterocycles. The maximum atomic E-state index is 12.7. The molecule has 0 aliphatic heterocycles. The molecule has 0 atom stereocenters. The van der Waals surface area contributed by atoms with Gasteiger partial charge in [-0.15, -0.1) is 0 Å². The van der Waals surface area contributed by atoms with Crippen LogP contribution in [0.4, 0.5) is 0 Å². The molecule has 0 N–H and O–H groups in total. The second-order valence-corrected chi connectivity index (χ2v) is 5.30. The lowest BCUT2D eigenvalue weighted by Crippen LogP contribution is -2.39. The third-order valence-corrected chi connectivity index (χ3v) is 3.98. The molecule has 22 heavy (non-hydrogen) atoms. The van der Waals surface area contributed by atoms with E-state index in [4.69, 9.17) is 0 Å². The summed E-state index contributed by atoms with van der Waals surface area (Å²) in [4.78, 5) is 29.6. The minimum absolute atomic E-state index is 0.263. The molecule has 3 rings (SSSR count). The number of hydrogen-bond donors (Lipinski definition) is 0. The molecule has 0 aliphatic rings. The number of allylic oxidation sites excluding steroid dienone is 2. The molecule has 0 amide bonds. The van der Waals surface area contributed by atoms with Gasteiger partial charge < -0.3 is 4.57 Å². The number of aromatic nitrogens is 5. The van der Waals surface area contributed by atoms with Crippen LogP contribution in [-0.4, -0.2) is 23.1 Å². The zero-order chi connectivity index (χ0) is 16.0. The lowest BCUT2D eigenvalue weighted by Gasteiger charge is -2.05. The first-order valence-electron chi connectivity index (χ1n) is 7.30. The SMILES string of the molecule is CC=CCn1c(=O)c2c(nc3n(CC)c(C)cn23)n(C)c1=O. The van der Waals surface area contributed by atoms with E-state index in [9.17, 15) is 9.59 Å². The van der Waals surface area contributed by atoms with E-state index in [2.05, 4.69) is 4.98 Å². The molecule has 3 aromatic rings. The fraction of sp³-hybridized carbons (Fsp3) is 0.400. The number of fused-ring (bicyclic) bond motifs is 3. The summed E-state index contributed by atoms with van der Waals surface area (Å²) >= 11 is 0. The summed E-state index contributed by atoms with van der Waals surface area (Å²) in [7, 11) is 1.64. The predicted molar refractivity (Wildman–Crippen MR) is 85.4 cm³/mol. The van der Waals surface area contributed by atoms with Gasteiger partial charge >= 0.3 is 5.69 Å². The number of nitrogens with zero attached hydrogens (tertiary/aromatic N) is 5. The van der Waals surface area contributed by atoms with Crippen LogP contribution >= 0.6 is 0 Å². The van der Waals surface area contributed by atoms with Crippen LogP contribution in [0.25, 0.3) is 16.9 Å². The normalized spacial score (nSPS) is 12.2. The van der Waals surface area contributed by atoms with Crippen LogP contribution in [0.15, 0.2) is 27.9 Å². The Hall–Kier alpha value is -2.57. The molecule has 0 aromatic carbocycles. The van der Waals surface area contributed by atoms with E-state index in [0.717, 1.165) is 12.2 Å². The Morgan fingerprint density at radius 2 is 2.00 bits per heavy atom. The fourth-order valence-corrected chi connectivity index (χ4v) is 2.82. The summed E-state index contributed by atoms with van der Waals surface area (Å²) in [6.07, 6.45) is 5.50. The number of hydrogen-bond acceptors (Lipinski definition) is 3. The summed E-state index contributed by atoms with van der Waals surface area (Å²) < 4.78 is 6.46. The van der Waals surface area contributed by atoms with Crippen LogP contribution in [0.5, 0.6) is 0 Å². The van der Waals surface area contributed by atoms with Crippen molar-refractivity contribution in [3.8, 4) is 0 Å². The van der Waals surface area contributed by atoms with Gasteiger partial charge in [-0.05, 0) is 20.8 Å². The van der Waals surface area contributed by atoms with Crippen LogP contribution in [0.1, 0.15) is 19.5 Å². The molecular formula is C15H19N5O2. The van der Waals surface area contributed by atoms with Crippen molar-refractivity contribution < 1.29 is 0 Å². The Morgan fingerprint density at radius 3 is 2.64 bits per heavy atom. The standard InChI is InChI=1S/C15H19N5O2/c1-5-7-8-19-13(21)11-12(17(4)15(19)22)16-14-18(6-2)10(3)9-20(11)14/h5,7,9H,6,8H2,1-4H3. The monoisotopic (exact) mass is 301 g/mol. The van der Waals surface area contributed by atoms with E-state index in [-0.39, 0.29) is 17.8 Å². The summed E-state index contributed by atoms with van der Waals surface area (Å²) in [6.45, 7) is 6.88. The third-order valence-electron chi connectivity index (χ3n) is 3.98. The third kappa shape index (κ3) is 1.78. The van der Waals surface area contributed by atoms with Gasteiger partial charge in [-0.25, -0.2) is 4.79 Å². The molecule has 0 fully saturated rings. The van der Waals surface area contributed by atoms with Gasteiger partial charge in [0.15, 0.2) is 11.2 Å². The zero-order valence-corrected chi connectivity index (χ0v) is 13.2. The quantitative estimate of drug-likeness (QED) is 0.679. The smallest absolute Gasteiger partial charge is 0.314 e. The van der Waals surface area contributed by atoms with E-state index in [0.29, 0.717) is 16.9 Å². The summed E-state index contributed by atoms with van der Waals surface area (Å²) in [6, 6.07) is 0. The Morgan fingerprint density at radius 1 is 1.27 bits per heavy atom. The van der Waals surface area contributed by atoms with Crippen molar-refractivity contribution in [2.24, 2.45) is 7.05 Å². The highest BCUT2D eigenvalue weighted by molar-refractivity contribution is 5.75. The maximum absolute atomic E-state index is 12.7. The Balaban J connectivity index is 2.50. The van der Waals surface area contributed by atoms with Gasteiger partial charge in [0.25, 0.3) is 5.56 Å². The molecule has 116 valence electrons. The van der Waals surface area contributed by atoms with Crippen LogP contribution in [0, 0.1) is 6.92 Å². The number of rotatable bonds is 3. The van der Waals surface area contributed by atoms with E-state index < -0.39 is 0 Å². The van der Waals surface area contributed by atoms with Crippen molar-refractivity contribution >= 4 is 16.9 Å². The summed E-state index contributed by atoms with van der Waals surface area (Å²) in [5.41, 5.74) is 1.23.